The molecule has 0 saturated carbocycles. The Morgan fingerprint density at radius 1 is 1.19 bits per heavy atom. The molecule has 0 spiro atoms. The number of piperidine rings is 1. The first-order chi connectivity index (χ1) is 10.2. The fraction of sp³-hybridized carbons (Fsp3) is 0.941. The van der Waals surface area contributed by atoms with Crippen molar-refractivity contribution in [3.8, 4) is 0 Å². The predicted octanol–water partition coefficient (Wildman–Crippen LogP) is 2.96. The fourth-order valence-corrected chi connectivity index (χ4v) is 3.04. The van der Waals surface area contributed by atoms with Crippen LogP contribution in [0.2, 0.25) is 0 Å². The van der Waals surface area contributed by atoms with E-state index in [1.165, 1.54) is 58.0 Å². The zero-order valence-electron chi connectivity index (χ0n) is 14.0. The number of unbranched alkanes of at least 4 members (excludes halogenated alkanes) is 5. The maximum absolute atomic E-state index is 10.1. The average Bonchev–Trinajstić information content (AvgIpc) is 2.45. The van der Waals surface area contributed by atoms with Crippen molar-refractivity contribution in [1.29, 1.82) is 0 Å². The second-order valence-electron chi connectivity index (χ2n) is 6.44. The number of ether oxygens (including phenoxy) is 1. The Hall–Kier alpha value is -0.610. The molecule has 1 atom stereocenters. The van der Waals surface area contributed by atoms with E-state index in [4.69, 9.17) is 4.74 Å². The number of likely N-dealkylation sites (tertiary alicyclic amines) is 1. The van der Waals surface area contributed by atoms with Crippen molar-refractivity contribution in [3.05, 3.63) is 0 Å². The smallest absolute Gasteiger partial charge is 0.207 e. The standard InChI is InChI=1S/C17H34N2O2/c1-16(2)21-17-10-9-13-19(14-17)12-8-6-4-3-5-7-11-18-15-20/h15-17H,3-14H2,1-2H3,(H,18,20). The Bertz CT molecular complexity index is 259. The highest BCUT2D eigenvalue weighted by molar-refractivity contribution is 5.45. The first kappa shape index (κ1) is 18.4. The second-order valence-corrected chi connectivity index (χ2v) is 6.44. The van der Waals surface area contributed by atoms with E-state index in [1.54, 1.807) is 0 Å². The molecule has 124 valence electrons. The number of nitrogens with one attached hydrogen (secondary N) is 1. The quantitative estimate of drug-likeness (QED) is 0.445. The van der Waals surface area contributed by atoms with Gasteiger partial charge in [0.15, 0.2) is 0 Å². The third-order valence-corrected chi connectivity index (χ3v) is 4.06. The van der Waals surface area contributed by atoms with Crippen LogP contribution in [-0.2, 0) is 9.53 Å². The molecule has 0 bridgehead atoms. The summed E-state index contributed by atoms with van der Waals surface area (Å²) in [5, 5.41) is 2.71. The number of hydrogen-bond acceptors (Lipinski definition) is 3. The van der Waals surface area contributed by atoms with Gasteiger partial charge in [0, 0.05) is 13.1 Å². The van der Waals surface area contributed by atoms with E-state index in [2.05, 4.69) is 24.1 Å². The van der Waals surface area contributed by atoms with Gasteiger partial charge in [-0.25, -0.2) is 0 Å². The van der Waals surface area contributed by atoms with Gasteiger partial charge in [-0.3, -0.25) is 4.79 Å². The normalized spacial score (nSPS) is 19.9. The van der Waals surface area contributed by atoms with E-state index >= 15 is 0 Å². The molecule has 0 radical (unpaired) electrons. The summed E-state index contributed by atoms with van der Waals surface area (Å²) in [5.41, 5.74) is 0. The van der Waals surface area contributed by atoms with Gasteiger partial charge in [-0.2, -0.15) is 0 Å². The van der Waals surface area contributed by atoms with Crippen LogP contribution < -0.4 is 5.32 Å². The number of nitrogens with zero attached hydrogens (tertiary/aromatic N) is 1. The highest BCUT2D eigenvalue weighted by atomic mass is 16.5. The van der Waals surface area contributed by atoms with Crippen molar-refractivity contribution in [2.45, 2.75) is 77.4 Å². The molecule has 1 saturated heterocycles. The van der Waals surface area contributed by atoms with E-state index in [-0.39, 0.29) is 0 Å². The summed E-state index contributed by atoms with van der Waals surface area (Å²) in [6.07, 6.45) is 11.7. The molecule has 1 rings (SSSR count). The summed E-state index contributed by atoms with van der Waals surface area (Å²) in [4.78, 5) is 12.7. The second kappa shape index (κ2) is 12.0. The van der Waals surface area contributed by atoms with Crippen LogP contribution >= 0.6 is 0 Å². The van der Waals surface area contributed by atoms with Crippen LogP contribution in [0, 0.1) is 0 Å². The maximum Gasteiger partial charge on any atom is 0.207 e. The number of hydrogen-bond donors (Lipinski definition) is 1. The summed E-state index contributed by atoms with van der Waals surface area (Å²) in [6.45, 7) is 8.68. The number of rotatable bonds is 12. The van der Waals surface area contributed by atoms with Crippen molar-refractivity contribution < 1.29 is 9.53 Å². The van der Waals surface area contributed by atoms with Crippen molar-refractivity contribution >= 4 is 6.41 Å². The van der Waals surface area contributed by atoms with E-state index < -0.39 is 0 Å². The minimum atomic E-state index is 0.351. The van der Waals surface area contributed by atoms with Gasteiger partial charge >= 0.3 is 0 Å². The Labute approximate surface area is 130 Å². The first-order valence-electron chi connectivity index (χ1n) is 8.77. The fourth-order valence-electron chi connectivity index (χ4n) is 3.04. The summed E-state index contributed by atoms with van der Waals surface area (Å²) in [5.74, 6) is 0. The van der Waals surface area contributed by atoms with Crippen LogP contribution in [0.25, 0.3) is 0 Å². The SMILES string of the molecule is CC(C)OC1CCCN(CCCCCCCCNC=O)C1. The lowest BCUT2D eigenvalue weighted by Crippen LogP contribution is -2.41. The molecular formula is C17H34N2O2. The van der Waals surface area contributed by atoms with Gasteiger partial charge in [0.2, 0.25) is 6.41 Å². The molecule has 1 N–H and O–H groups in total. The molecule has 0 aromatic carbocycles. The van der Waals surface area contributed by atoms with Crippen LogP contribution in [0.1, 0.15) is 65.2 Å². The molecule has 21 heavy (non-hydrogen) atoms. The van der Waals surface area contributed by atoms with E-state index in [0.29, 0.717) is 12.2 Å². The monoisotopic (exact) mass is 298 g/mol. The Morgan fingerprint density at radius 3 is 2.62 bits per heavy atom. The van der Waals surface area contributed by atoms with Gasteiger partial charge in [0.25, 0.3) is 0 Å². The van der Waals surface area contributed by atoms with Gasteiger partial charge in [-0.05, 0) is 52.6 Å². The first-order valence-corrected chi connectivity index (χ1v) is 8.77. The predicted molar refractivity (Wildman–Crippen MR) is 87.5 cm³/mol. The van der Waals surface area contributed by atoms with Gasteiger partial charge in [0.05, 0.1) is 12.2 Å². The lowest BCUT2D eigenvalue weighted by molar-refractivity contribution is -0.109. The zero-order chi connectivity index (χ0) is 15.3. The summed E-state index contributed by atoms with van der Waals surface area (Å²) in [7, 11) is 0. The van der Waals surface area contributed by atoms with Gasteiger partial charge in [-0.1, -0.05) is 25.7 Å². The summed E-state index contributed by atoms with van der Waals surface area (Å²) in [6, 6.07) is 0. The zero-order valence-corrected chi connectivity index (χ0v) is 14.0. The molecule has 0 aromatic heterocycles. The van der Waals surface area contributed by atoms with E-state index in [9.17, 15) is 4.79 Å². The molecule has 1 aliphatic rings. The molecule has 4 heteroatoms. The third kappa shape index (κ3) is 9.86. The van der Waals surface area contributed by atoms with Crippen molar-refractivity contribution in [2.24, 2.45) is 0 Å². The van der Waals surface area contributed by atoms with Gasteiger partial charge < -0.3 is 15.0 Å². The number of carbonyl (C=O) groups is 1. The molecule has 1 heterocycles. The van der Waals surface area contributed by atoms with Crippen LogP contribution in [0.15, 0.2) is 0 Å². The molecule has 0 aliphatic carbocycles. The number of amides is 1. The van der Waals surface area contributed by atoms with E-state index in [1.807, 2.05) is 0 Å². The third-order valence-electron chi connectivity index (χ3n) is 4.06. The Balaban J connectivity index is 1.93. The van der Waals surface area contributed by atoms with Gasteiger partial charge in [0.1, 0.15) is 0 Å². The molecular weight excluding hydrogens is 264 g/mol. The van der Waals surface area contributed by atoms with E-state index in [0.717, 1.165) is 25.9 Å². The van der Waals surface area contributed by atoms with Crippen LogP contribution in [0.3, 0.4) is 0 Å². The van der Waals surface area contributed by atoms with Crippen molar-refractivity contribution in [2.75, 3.05) is 26.2 Å². The average molecular weight is 298 g/mol. The molecule has 1 aliphatic heterocycles. The molecule has 1 unspecified atom stereocenters. The van der Waals surface area contributed by atoms with Crippen LogP contribution in [-0.4, -0.2) is 49.7 Å². The van der Waals surface area contributed by atoms with Crippen LogP contribution in [0.4, 0.5) is 0 Å². The Morgan fingerprint density at radius 2 is 1.90 bits per heavy atom. The summed E-state index contributed by atoms with van der Waals surface area (Å²) >= 11 is 0. The largest absolute Gasteiger partial charge is 0.374 e. The number of carbonyl (C=O) groups excluding carboxylic acids is 1. The van der Waals surface area contributed by atoms with Gasteiger partial charge in [-0.15, -0.1) is 0 Å². The highest BCUT2D eigenvalue weighted by Crippen LogP contribution is 2.16. The highest BCUT2D eigenvalue weighted by Gasteiger charge is 2.20. The molecule has 1 fully saturated rings. The lowest BCUT2D eigenvalue weighted by atomic mass is 10.1. The molecule has 0 aromatic rings. The minimum absolute atomic E-state index is 0.351. The lowest BCUT2D eigenvalue weighted by Gasteiger charge is -2.33. The van der Waals surface area contributed by atoms with Crippen molar-refractivity contribution in [3.63, 3.8) is 0 Å². The maximum atomic E-state index is 10.1. The molecule has 4 nitrogen and oxygen atoms in total. The summed E-state index contributed by atoms with van der Waals surface area (Å²) < 4.78 is 5.94. The topological polar surface area (TPSA) is 41.6 Å². The Kier molecular flexibility index (Phi) is 10.5. The van der Waals surface area contributed by atoms with Crippen molar-refractivity contribution in [1.82, 2.24) is 10.2 Å². The van der Waals surface area contributed by atoms with Crippen LogP contribution in [0.5, 0.6) is 0 Å². The minimum Gasteiger partial charge on any atom is -0.374 e. The molecule has 1 amide bonds.